The van der Waals surface area contributed by atoms with Crippen molar-refractivity contribution >= 4 is 5.69 Å². The summed E-state index contributed by atoms with van der Waals surface area (Å²) < 4.78 is 5.97. The number of nitrogens with two attached hydrogens (primary N) is 1. The highest BCUT2D eigenvalue weighted by molar-refractivity contribution is 5.63. The molecule has 0 amide bonds. The topological polar surface area (TPSA) is 64.9 Å². The highest BCUT2D eigenvalue weighted by Crippen LogP contribution is 2.34. The Labute approximate surface area is 155 Å². The van der Waals surface area contributed by atoms with Gasteiger partial charge < -0.3 is 10.2 Å². The molecule has 0 unspecified atom stereocenters. The molecule has 3 aromatic rings. The zero-order valence-electron chi connectivity index (χ0n) is 16.4. The van der Waals surface area contributed by atoms with Gasteiger partial charge in [0.15, 0.2) is 0 Å². The third-order valence-electron chi connectivity index (χ3n) is 4.47. The molecule has 0 aliphatic carbocycles. The van der Waals surface area contributed by atoms with E-state index in [4.69, 9.17) is 10.2 Å². The van der Waals surface area contributed by atoms with Gasteiger partial charge in [0.05, 0.1) is 0 Å². The molecule has 0 aliphatic rings. The van der Waals surface area contributed by atoms with E-state index < -0.39 is 0 Å². The van der Waals surface area contributed by atoms with Gasteiger partial charge >= 0.3 is 0 Å². The van der Waals surface area contributed by atoms with Crippen LogP contribution in [0.4, 0.5) is 5.69 Å². The summed E-state index contributed by atoms with van der Waals surface area (Å²) in [6, 6.07) is 14.0. The molecule has 2 aromatic carbocycles. The first kappa shape index (κ1) is 18.2. The number of hydrogen-bond acceptors (Lipinski definition) is 4. The van der Waals surface area contributed by atoms with Gasteiger partial charge in [0.2, 0.25) is 11.8 Å². The fourth-order valence-electron chi connectivity index (χ4n) is 2.75. The van der Waals surface area contributed by atoms with E-state index in [1.54, 1.807) is 0 Å². The summed E-state index contributed by atoms with van der Waals surface area (Å²) in [6.45, 7) is 13.3. The summed E-state index contributed by atoms with van der Waals surface area (Å²) in [5.74, 6) is 1.00. The lowest BCUT2D eigenvalue weighted by Gasteiger charge is -2.25. The van der Waals surface area contributed by atoms with Gasteiger partial charge in [-0.2, -0.15) is 0 Å². The van der Waals surface area contributed by atoms with Crippen LogP contribution in [-0.2, 0) is 10.8 Å². The Kier molecular flexibility index (Phi) is 4.39. The Balaban J connectivity index is 2.09. The van der Waals surface area contributed by atoms with Gasteiger partial charge in [-0.3, -0.25) is 0 Å². The van der Waals surface area contributed by atoms with Crippen LogP contribution in [-0.4, -0.2) is 10.2 Å². The van der Waals surface area contributed by atoms with E-state index in [9.17, 15) is 0 Å². The molecule has 3 rings (SSSR count). The highest BCUT2D eigenvalue weighted by atomic mass is 16.4. The first-order chi connectivity index (χ1) is 12.0. The maximum absolute atomic E-state index is 5.97. The molecule has 4 heteroatoms. The molecule has 136 valence electrons. The zero-order chi connectivity index (χ0) is 19.1. The summed E-state index contributed by atoms with van der Waals surface area (Å²) in [6.07, 6.45) is 0. The second kappa shape index (κ2) is 6.27. The normalized spacial score (nSPS) is 12.4. The Bertz CT molecular complexity index is 895. The molecule has 4 nitrogen and oxygen atoms in total. The van der Waals surface area contributed by atoms with E-state index in [-0.39, 0.29) is 10.8 Å². The number of rotatable bonds is 2. The number of nitrogen functional groups attached to an aromatic ring is 1. The van der Waals surface area contributed by atoms with E-state index in [1.807, 2.05) is 24.3 Å². The fourth-order valence-corrected chi connectivity index (χ4v) is 2.75. The molecule has 0 spiro atoms. The lowest BCUT2D eigenvalue weighted by molar-refractivity contribution is 0.564. The van der Waals surface area contributed by atoms with E-state index in [1.165, 1.54) is 11.1 Å². The predicted octanol–water partition coefficient (Wildman–Crippen LogP) is 5.58. The number of hydrogen-bond donors (Lipinski definition) is 1. The minimum absolute atomic E-state index is 0.0345. The largest absolute Gasteiger partial charge is 0.416 e. The van der Waals surface area contributed by atoms with Gasteiger partial charge in [0.1, 0.15) is 0 Å². The average molecular weight is 349 g/mol. The number of aromatic nitrogens is 2. The standard InChI is InChI=1S/C22H27N3O/c1-21(2,3)16-10-15(11-17(13-16)22(4,5)6)20-25-24-19(26-20)14-8-7-9-18(23)12-14/h7-13H,23H2,1-6H3. The summed E-state index contributed by atoms with van der Waals surface area (Å²) in [4.78, 5) is 0. The SMILES string of the molecule is CC(C)(C)c1cc(-c2nnc(-c3cccc(N)c3)o2)cc(C(C)(C)C)c1. The van der Waals surface area contributed by atoms with Crippen molar-refractivity contribution in [2.75, 3.05) is 5.73 Å². The van der Waals surface area contributed by atoms with Crippen LogP contribution < -0.4 is 5.73 Å². The minimum Gasteiger partial charge on any atom is -0.416 e. The van der Waals surface area contributed by atoms with Gasteiger partial charge in [-0.15, -0.1) is 10.2 Å². The van der Waals surface area contributed by atoms with Crippen molar-refractivity contribution in [3.8, 4) is 22.9 Å². The van der Waals surface area contributed by atoms with E-state index >= 15 is 0 Å². The third kappa shape index (κ3) is 3.79. The van der Waals surface area contributed by atoms with Crippen molar-refractivity contribution in [2.45, 2.75) is 52.4 Å². The molecule has 2 N–H and O–H groups in total. The number of nitrogens with zero attached hydrogens (tertiary/aromatic N) is 2. The number of benzene rings is 2. The van der Waals surface area contributed by atoms with Gasteiger partial charge in [0, 0.05) is 16.8 Å². The van der Waals surface area contributed by atoms with Crippen LogP contribution >= 0.6 is 0 Å². The van der Waals surface area contributed by atoms with Crippen molar-refractivity contribution in [1.82, 2.24) is 10.2 Å². The summed E-state index contributed by atoms with van der Waals surface area (Å²) in [5.41, 5.74) is 10.9. The Morgan fingerprint density at radius 3 is 1.77 bits per heavy atom. The van der Waals surface area contributed by atoms with Crippen molar-refractivity contribution in [3.63, 3.8) is 0 Å². The highest BCUT2D eigenvalue weighted by Gasteiger charge is 2.22. The van der Waals surface area contributed by atoms with Crippen LogP contribution in [0.1, 0.15) is 52.7 Å². The second-order valence-corrected chi connectivity index (χ2v) is 8.84. The molecule has 0 saturated carbocycles. The zero-order valence-corrected chi connectivity index (χ0v) is 16.4. The Morgan fingerprint density at radius 2 is 1.27 bits per heavy atom. The van der Waals surface area contributed by atoms with Crippen LogP contribution in [0, 0.1) is 0 Å². The van der Waals surface area contributed by atoms with Crippen molar-refractivity contribution in [2.24, 2.45) is 0 Å². The lowest BCUT2D eigenvalue weighted by atomic mass is 9.79. The maximum atomic E-state index is 5.97. The van der Waals surface area contributed by atoms with Gasteiger partial charge in [-0.25, -0.2) is 0 Å². The summed E-state index contributed by atoms with van der Waals surface area (Å²) >= 11 is 0. The molecule has 0 aliphatic heterocycles. The quantitative estimate of drug-likeness (QED) is 0.613. The predicted molar refractivity (Wildman–Crippen MR) is 107 cm³/mol. The number of anilines is 1. The van der Waals surface area contributed by atoms with Crippen LogP contribution in [0.25, 0.3) is 22.9 Å². The Morgan fingerprint density at radius 1 is 0.731 bits per heavy atom. The summed E-state index contributed by atoms with van der Waals surface area (Å²) in [7, 11) is 0. The van der Waals surface area contributed by atoms with E-state index in [2.05, 4.69) is 69.9 Å². The molecule has 26 heavy (non-hydrogen) atoms. The van der Waals surface area contributed by atoms with Crippen LogP contribution in [0.5, 0.6) is 0 Å². The molecule has 0 radical (unpaired) electrons. The van der Waals surface area contributed by atoms with Crippen molar-refractivity contribution in [1.29, 1.82) is 0 Å². The first-order valence-electron chi connectivity index (χ1n) is 8.90. The van der Waals surface area contributed by atoms with Crippen LogP contribution in [0.15, 0.2) is 46.9 Å². The molecular formula is C22H27N3O. The first-order valence-corrected chi connectivity index (χ1v) is 8.90. The molecule has 1 aromatic heterocycles. The smallest absolute Gasteiger partial charge is 0.248 e. The average Bonchev–Trinajstić information content (AvgIpc) is 3.03. The van der Waals surface area contributed by atoms with Gasteiger partial charge in [0.25, 0.3) is 0 Å². The van der Waals surface area contributed by atoms with Crippen molar-refractivity contribution in [3.05, 3.63) is 53.6 Å². The van der Waals surface area contributed by atoms with Crippen molar-refractivity contribution < 1.29 is 4.42 Å². The molecule has 0 bridgehead atoms. The second-order valence-electron chi connectivity index (χ2n) is 8.84. The fraction of sp³-hybridized carbons (Fsp3) is 0.364. The minimum atomic E-state index is 0.0345. The van der Waals surface area contributed by atoms with E-state index in [0.717, 1.165) is 11.1 Å². The molecule has 1 heterocycles. The van der Waals surface area contributed by atoms with E-state index in [0.29, 0.717) is 17.5 Å². The monoisotopic (exact) mass is 349 g/mol. The van der Waals surface area contributed by atoms with Crippen LogP contribution in [0.3, 0.4) is 0 Å². The molecular weight excluding hydrogens is 322 g/mol. The molecule has 0 fully saturated rings. The van der Waals surface area contributed by atoms with Gasteiger partial charge in [-0.05, 0) is 52.3 Å². The maximum Gasteiger partial charge on any atom is 0.248 e. The molecule has 0 atom stereocenters. The molecule has 0 saturated heterocycles. The van der Waals surface area contributed by atoms with Crippen LogP contribution in [0.2, 0.25) is 0 Å². The Hall–Kier alpha value is -2.62. The lowest BCUT2D eigenvalue weighted by Crippen LogP contribution is -2.16. The third-order valence-corrected chi connectivity index (χ3v) is 4.47. The van der Waals surface area contributed by atoms with Gasteiger partial charge in [-0.1, -0.05) is 53.7 Å². The summed E-state index contributed by atoms with van der Waals surface area (Å²) in [5, 5.41) is 8.50.